The van der Waals surface area contributed by atoms with Crippen molar-refractivity contribution >= 4 is 35.0 Å². The number of terminal acetylenes is 1. The van der Waals surface area contributed by atoms with E-state index in [0.29, 0.717) is 17.8 Å². The molecule has 0 aliphatic carbocycles. The van der Waals surface area contributed by atoms with Gasteiger partial charge in [-0.3, -0.25) is 24.1 Å². The number of ether oxygens (including phenoxy) is 1. The third-order valence-electron chi connectivity index (χ3n) is 10.0. The molecule has 0 spiro atoms. The third-order valence-corrected chi connectivity index (χ3v) is 11.0. The van der Waals surface area contributed by atoms with Gasteiger partial charge in [-0.25, -0.2) is 4.98 Å². The number of carboxylic acids is 1. The first-order valence-corrected chi connectivity index (χ1v) is 19.0. The number of aromatic nitrogens is 1. The molecule has 2 aromatic rings. The summed E-state index contributed by atoms with van der Waals surface area (Å²) in [6.07, 6.45) is 9.61. The van der Waals surface area contributed by atoms with Gasteiger partial charge in [0.05, 0.1) is 12.0 Å². The minimum atomic E-state index is -0.926. The third kappa shape index (κ3) is 12.2. The van der Waals surface area contributed by atoms with E-state index in [-0.39, 0.29) is 54.5 Å². The molecular weight excluding hydrogens is 667 g/mol. The second kappa shape index (κ2) is 20.3. The summed E-state index contributed by atoms with van der Waals surface area (Å²) < 4.78 is 6.11. The van der Waals surface area contributed by atoms with Gasteiger partial charge in [0.1, 0.15) is 29.5 Å². The molecule has 0 saturated carbocycles. The van der Waals surface area contributed by atoms with Crippen molar-refractivity contribution in [1.29, 1.82) is 0 Å². The van der Waals surface area contributed by atoms with Crippen molar-refractivity contribution in [1.82, 2.24) is 25.4 Å². The maximum absolute atomic E-state index is 14.2. The summed E-state index contributed by atoms with van der Waals surface area (Å²) in [6.45, 7) is 10.6. The van der Waals surface area contributed by atoms with Crippen LogP contribution in [0.4, 0.5) is 0 Å². The quantitative estimate of drug-likeness (QED) is 0.169. The Bertz CT molecular complexity index is 1480. The Morgan fingerprint density at radius 1 is 1.12 bits per heavy atom. The normalized spacial score (nSPS) is 18.5. The molecule has 2 heterocycles. The lowest BCUT2D eigenvalue weighted by molar-refractivity contribution is -0.141. The molecule has 0 radical (unpaired) electrons. The number of piperidine rings is 1. The SMILES string of the molecule is C#CCO[C@H](C[C@H](C(C)C)N(C)C(=O)[C@@H](NC(=O)C1CCCCN1C)[C@@H](C)CC)c1nc(C(=O)N[C@@H](Cc2ccccc2)C[C@H](C)C(=O)O)cs1. The summed E-state index contributed by atoms with van der Waals surface area (Å²) in [5.74, 6) is 0.200. The predicted molar refractivity (Wildman–Crippen MR) is 200 cm³/mol. The highest BCUT2D eigenvalue weighted by molar-refractivity contribution is 7.09. The lowest BCUT2D eigenvalue weighted by Crippen LogP contribution is -2.58. The van der Waals surface area contributed by atoms with Crippen LogP contribution in [0.2, 0.25) is 0 Å². The van der Waals surface area contributed by atoms with E-state index in [1.165, 1.54) is 11.3 Å². The smallest absolute Gasteiger partial charge is 0.306 e. The van der Waals surface area contributed by atoms with Gasteiger partial charge < -0.3 is 25.4 Å². The van der Waals surface area contributed by atoms with Gasteiger partial charge in [0.25, 0.3) is 5.91 Å². The summed E-state index contributed by atoms with van der Waals surface area (Å²) in [4.78, 5) is 61.2. The highest BCUT2D eigenvalue weighted by Gasteiger charge is 2.37. The van der Waals surface area contributed by atoms with E-state index in [4.69, 9.17) is 11.2 Å². The molecule has 3 N–H and O–H groups in total. The molecule has 12 heteroatoms. The first kappa shape index (κ1) is 41.6. The van der Waals surface area contributed by atoms with Crippen LogP contribution in [0.25, 0.3) is 0 Å². The van der Waals surface area contributed by atoms with Gasteiger partial charge in [0.15, 0.2) is 0 Å². The fourth-order valence-corrected chi connectivity index (χ4v) is 7.49. The molecule has 3 amide bonds. The van der Waals surface area contributed by atoms with Gasteiger partial charge in [0.2, 0.25) is 11.8 Å². The van der Waals surface area contributed by atoms with Crippen molar-refractivity contribution in [2.45, 2.75) is 110 Å². The average molecular weight is 724 g/mol. The van der Waals surface area contributed by atoms with Crippen LogP contribution in [0.15, 0.2) is 35.7 Å². The van der Waals surface area contributed by atoms with Gasteiger partial charge in [-0.15, -0.1) is 17.8 Å². The second-order valence-electron chi connectivity index (χ2n) is 14.3. The molecule has 1 aromatic heterocycles. The maximum atomic E-state index is 14.2. The molecule has 3 rings (SSSR count). The van der Waals surface area contributed by atoms with E-state index in [0.717, 1.165) is 37.8 Å². The molecule has 1 aliphatic rings. The standard InChI is InChI=1S/C39H57N5O6S/c1-9-20-50-33(37-41-30(24-51-37)35(45)40-29(21-27(6)39(48)49)22-28-16-12-11-13-17-28)23-32(25(3)4)44(8)38(47)34(26(5)10-2)42-36(46)31-18-14-15-19-43(31)7/h1,11-13,16-17,24-27,29,31-34H,10,14-15,18-23H2,2-8H3,(H,40,45)(H,42,46)(H,48,49)/t26-,27-,29+,31?,32+,33+,34-/m0/s1. The number of nitrogens with zero attached hydrogens (tertiary/aromatic N) is 3. The van der Waals surface area contributed by atoms with Gasteiger partial charge in [-0.05, 0) is 56.7 Å². The molecule has 1 aromatic carbocycles. The van der Waals surface area contributed by atoms with Gasteiger partial charge in [-0.2, -0.15) is 0 Å². The van der Waals surface area contributed by atoms with Gasteiger partial charge in [0, 0.05) is 30.9 Å². The number of hydrogen-bond acceptors (Lipinski definition) is 8. The van der Waals surface area contributed by atoms with Crippen molar-refractivity contribution in [3.8, 4) is 12.3 Å². The average Bonchev–Trinajstić information content (AvgIpc) is 3.60. The molecule has 1 unspecified atom stereocenters. The van der Waals surface area contributed by atoms with Crippen LogP contribution < -0.4 is 10.6 Å². The summed E-state index contributed by atoms with van der Waals surface area (Å²) in [7, 11) is 3.72. The lowest BCUT2D eigenvalue weighted by Gasteiger charge is -2.38. The Morgan fingerprint density at radius 3 is 2.43 bits per heavy atom. The molecule has 1 aliphatic heterocycles. The van der Waals surface area contributed by atoms with E-state index in [9.17, 15) is 24.3 Å². The molecule has 0 bridgehead atoms. The van der Waals surface area contributed by atoms with Crippen molar-refractivity contribution in [2.24, 2.45) is 17.8 Å². The number of carbonyl (C=O) groups is 4. The molecule has 1 saturated heterocycles. The number of benzene rings is 1. The molecule has 51 heavy (non-hydrogen) atoms. The number of amides is 3. The minimum Gasteiger partial charge on any atom is -0.481 e. The molecule has 1 fully saturated rings. The van der Waals surface area contributed by atoms with E-state index >= 15 is 0 Å². The number of hydrogen-bond donors (Lipinski definition) is 3. The number of aliphatic carboxylic acids is 1. The monoisotopic (exact) mass is 723 g/mol. The van der Waals surface area contributed by atoms with Crippen LogP contribution in [0.5, 0.6) is 0 Å². The fourth-order valence-electron chi connectivity index (χ4n) is 6.63. The molecule has 280 valence electrons. The van der Waals surface area contributed by atoms with E-state index < -0.39 is 36.0 Å². The number of rotatable bonds is 19. The van der Waals surface area contributed by atoms with Crippen LogP contribution in [0, 0.1) is 30.1 Å². The Balaban J connectivity index is 1.80. The van der Waals surface area contributed by atoms with Crippen molar-refractivity contribution in [3.63, 3.8) is 0 Å². The predicted octanol–water partition coefficient (Wildman–Crippen LogP) is 5.17. The number of likely N-dealkylation sites (tertiary alicyclic amines) is 1. The van der Waals surface area contributed by atoms with Crippen LogP contribution in [-0.2, 0) is 25.5 Å². The maximum Gasteiger partial charge on any atom is 0.306 e. The highest BCUT2D eigenvalue weighted by atomic mass is 32.1. The van der Waals surface area contributed by atoms with E-state index in [1.54, 1.807) is 24.3 Å². The van der Waals surface area contributed by atoms with Gasteiger partial charge >= 0.3 is 5.97 Å². The minimum absolute atomic E-state index is 0.0148. The van der Waals surface area contributed by atoms with Crippen LogP contribution >= 0.6 is 11.3 Å². The molecular formula is C39H57N5O6S. The Hall–Kier alpha value is -3.79. The Labute approximate surface area is 307 Å². The number of thiazole rings is 1. The largest absolute Gasteiger partial charge is 0.481 e. The lowest BCUT2D eigenvalue weighted by atomic mass is 9.92. The van der Waals surface area contributed by atoms with E-state index in [2.05, 4.69) is 26.4 Å². The van der Waals surface area contributed by atoms with Crippen molar-refractivity contribution < 1.29 is 29.0 Å². The second-order valence-corrected chi connectivity index (χ2v) is 15.2. The van der Waals surface area contributed by atoms with Crippen LogP contribution in [0.1, 0.15) is 100 Å². The van der Waals surface area contributed by atoms with E-state index in [1.807, 2.05) is 65.1 Å². The zero-order valence-electron chi connectivity index (χ0n) is 31.3. The van der Waals surface area contributed by atoms with Gasteiger partial charge in [-0.1, -0.05) is 83.7 Å². The summed E-state index contributed by atoms with van der Waals surface area (Å²) in [6, 6.07) is 7.95. The first-order chi connectivity index (χ1) is 24.3. The Kier molecular flexibility index (Phi) is 16.6. The number of carboxylic acid groups (broad SMARTS) is 1. The van der Waals surface area contributed by atoms with Crippen molar-refractivity contribution in [2.75, 3.05) is 27.2 Å². The summed E-state index contributed by atoms with van der Waals surface area (Å²) in [5, 5.41) is 17.9. The zero-order valence-corrected chi connectivity index (χ0v) is 32.1. The zero-order chi connectivity index (χ0) is 37.7. The summed E-state index contributed by atoms with van der Waals surface area (Å²) >= 11 is 1.27. The topological polar surface area (TPSA) is 141 Å². The van der Waals surface area contributed by atoms with Crippen molar-refractivity contribution in [3.05, 3.63) is 52.0 Å². The fraction of sp³-hybridized carbons (Fsp3) is 0.615. The Morgan fingerprint density at radius 2 is 1.82 bits per heavy atom. The first-order valence-electron chi connectivity index (χ1n) is 18.1. The number of carbonyl (C=O) groups excluding carboxylic acids is 3. The molecule has 7 atom stereocenters. The van der Waals surface area contributed by atoms with Crippen LogP contribution in [-0.4, -0.2) is 95.0 Å². The highest BCUT2D eigenvalue weighted by Crippen LogP contribution is 2.31. The van der Waals surface area contributed by atoms with Crippen LogP contribution in [0.3, 0.4) is 0 Å². The molecule has 11 nitrogen and oxygen atoms in total. The number of likely N-dealkylation sites (N-methyl/N-ethyl adjacent to an activating group) is 2. The number of nitrogens with one attached hydrogen (secondary N) is 2. The summed E-state index contributed by atoms with van der Waals surface area (Å²) in [5.41, 5.74) is 1.18.